The first-order valence-corrected chi connectivity index (χ1v) is 9.06. The Morgan fingerprint density at radius 2 is 1.50 bits per heavy atom. The van der Waals surface area contributed by atoms with Crippen molar-refractivity contribution in [2.24, 2.45) is 0 Å². The number of nitrogens with zero attached hydrogens (tertiary/aromatic N) is 1. The normalized spacial score (nSPS) is 16.2. The van der Waals surface area contributed by atoms with Gasteiger partial charge in [-0.3, -0.25) is 0 Å². The van der Waals surface area contributed by atoms with Gasteiger partial charge in [0.1, 0.15) is 17.8 Å². The second kappa shape index (κ2) is 9.83. The van der Waals surface area contributed by atoms with E-state index in [1.54, 1.807) is 14.2 Å². The van der Waals surface area contributed by atoms with E-state index in [1.165, 1.54) is 0 Å². The first-order chi connectivity index (χ1) is 12.5. The van der Waals surface area contributed by atoms with Crippen molar-refractivity contribution in [2.75, 3.05) is 34.9 Å². The molecule has 0 spiro atoms. The highest BCUT2D eigenvalue weighted by Gasteiger charge is 2.43. The van der Waals surface area contributed by atoms with Crippen LogP contribution in [0.4, 0.5) is 0 Å². The lowest BCUT2D eigenvalue weighted by Crippen LogP contribution is -2.45. The number of ether oxygens (including phenoxy) is 2. The van der Waals surface area contributed by atoms with E-state index in [0.29, 0.717) is 6.42 Å². The molecule has 26 heavy (non-hydrogen) atoms. The molecule has 0 saturated carbocycles. The topological polar surface area (TPSA) is 41.9 Å². The molecule has 2 rings (SSSR count). The Balaban J connectivity index is 2.40. The quantitative estimate of drug-likeness (QED) is 0.705. The smallest absolute Gasteiger partial charge is 0.120 e. The standard InChI is InChI=1S/C22H31NO3/c1-23(2)17-11-16-22(24,19-14-9-6-10-15-19)21(26-4)20(25-3)18-12-7-5-8-13-18/h5-10,12-15,20-21,24H,11,16-17H2,1-4H3. The highest BCUT2D eigenvalue weighted by molar-refractivity contribution is 5.27. The fourth-order valence-electron chi connectivity index (χ4n) is 3.49. The van der Waals surface area contributed by atoms with E-state index >= 15 is 0 Å². The molecule has 0 amide bonds. The summed E-state index contributed by atoms with van der Waals surface area (Å²) in [6.07, 6.45) is 0.536. The predicted molar refractivity (Wildman–Crippen MR) is 105 cm³/mol. The Morgan fingerprint density at radius 1 is 0.923 bits per heavy atom. The van der Waals surface area contributed by atoms with Crippen LogP contribution in [0.15, 0.2) is 60.7 Å². The lowest BCUT2D eigenvalue weighted by molar-refractivity contribution is -0.161. The van der Waals surface area contributed by atoms with Crippen molar-refractivity contribution in [1.82, 2.24) is 4.90 Å². The van der Waals surface area contributed by atoms with Gasteiger partial charge in [0.05, 0.1) is 0 Å². The van der Waals surface area contributed by atoms with Gasteiger partial charge in [-0.1, -0.05) is 60.7 Å². The summed E-state index contributed by atoms with van der Waals surface area (Å²) >= 11 is 0. The zero-order chi connectivity index (χ0) is 19.0. The van der Waals surface area contributed by atoms with Gasteiger partial charge in [0.25, 0.3) is 0 Å². The monoisotopic (exact) mass is 357 g/mol. The van der Waals surface area contributed by atoms with E-state index in [2.05, 4.69) is 4.90 Å². The molecule has 0 aliphatic heterocycles. The van der Waals surface area contributed by atoms with Gasteiger partial charge in [-0.25, -0.2) is 0 Å². The number of benzene rings is 2. The molecule has 2 aromatic carbocycles. The van der Waals surface area contributed by atoms with E-state index < -0.39 is 11.7 Å². The van der Waals surface area contributed by atoms with Crippen molar-refractivity contribution in [3.8, 4) is 0 Å². The highest BCUT2D eigenvalue weighted by atomic mass is 16.5. The number of hydrogen-bond acceptors (Lipinski definition) is 4. The molecule has 142 valence electrons. The fourth-order valence-corrected chi connectivity index (χ4v) is 3.49. The van der Waals surface area contributed by atoms with Crippen molar-refractivity contribution in [1.29, 1.82) is 0 Å². The van der Waals surface area contributed by atoms with Crippen LogP contribution in [-0.2, 0) is 15.1 Å². The van der Waals surface area contributed by atoms with Crippen LogP contribution in [0.2, 0.25) is 0 Å². The zero-order valence-electron chi connectivity index (χ0n) is 16.3. The minimum absolute atomic E-state index is 0.370. The first-order valence-electron chi connectivity index (χ1n) is 9.06. The van der Waals surface area contributed by atoms with Gasteiger partial charge in [-0.05, 0) is 44.6 Å². The van der Waals surface area contributed by atoms with Crippen LogP contribution in [-0.4, -0.2) is 51.0 Å². The summed E-state index contributed by atoms with van der Waals surface area (Å²) in [5, 5.41) is 11.8. The van der Waals surface area contributed by atoms with Crippen LogP contribution in [0.25, 0.3) is 0 Å². The lowest BCUT2D eigenvalue weighted by atomic mass is 9.80. The first kappa shape index (κ1) is 20.6. The SMILES string of the molecule is COC(c1ccccc1)C(OC)C(O)(CCCN(C)C)c1ccccc1. The molecule has 0 heterocycles. The molecule has 3 atom stereocenters. The molecule has 0 saturated heterocycles. The molecular weight excluding hydrogens is 326 g/mol. The largest absolute Gasteiger partial charge is 0.382 e. The van der Waals surface area contributed by atoms with Crippen molar-refractivity contribution < 1.29 is 14.6 Å². The maximum Gasteiger partial charge on any atom is 0.120 e. The highest BCUT2D eigenvalue weighted by Crippen LogP contribution is 2.39. The zero-order valence-corrected chi connectivity index (χ0v) is 16.3. The molecule has 0 aliphatic carbocycles. The number of aliphatic hydroxyl groups is 1. The Bertz CT molecular complexity index is 632. The third-order valence-corrected chi connectivity index (χ3v) is 4.82. The summed E-state index contributed by atoms with van der Waals surface area (Å²) in [5.41, 5.74) is 0.690. The Labute approximate surface area is 157 Å². The maximum atomic E-state index is 11.8. The summed E-state index contributed by atoms with van der Waals surface area (Å²) in [7, 11) is 7.38. The molecular formula is C22H31NO3. The summed E-state index contributed by atoms with van der Waals surface area (Å²) in [4.78, 5) is 2.12. The minimum Gasteiger partial charge on any atom is -0.382 e. The Kier molecular flexibility index (Phi) is 7.79. The van der Waals surface area contributed by atoms with E-state index in [-0.39, 0.29) is 6.10 Å². The van der Waals surface area contributed by atoms with Crippen LogP contribution >= 0.6 is 0 Å². The van der Waals surface area contributed by atoms with Crippen molar-refractivity contribution in [3.05, 3.63) is 71.8 Å². The molecule has 2 aromatic rings. The lowest BCUT2D eigenvalue weighted by Gasteiger charge is -2.40. The van der Waals surface area contributed by atoms with Gasteiger partial charge in [0, 0.05) is 14.2 Å². The molecule has 4 heteroatoms. The average Bonchev–Trinajstić information content (AvgIpc) is 2.67. The molecule has 4 nitrogen and oxygen atoms in total. The summed E-state index contributed by atoms with van der Waals surface area (Å²) in [6, 6.07) is 19.7. The van der Waals surface area contributed by atoms with Crippen LogP contribution in [0.1, 0.15) is 30.1 Å². The second-order valence-electron chi connectivity index (χ2n) is 6.92. The van der Waals surface area contributed by atoms with Gasteiger partial charge >= 0.3 is 0 Å². The Morgan fingerprint density at radius 3 is 2.00 bits per heavy atom. The molecule has 0 radical (unpaired) electrons. The number of methoxy groups -OCH3 is 2. The predicted octanol–water partition coefficient (Wildman–Crippen LogP) is 3.62. The van der Waals surface area contributed by atoms with Gasteiger partial charge in [0.2, 0.25) is 0 Å². The number of rotatable bonds is 10. The molecule has 0 bridgehead atoms. The van der Waals surface area contributed by atoms with Crippen molar-refractivity contribution >= 4 is 0 Å². The van der Waals surface area contributed by atoms with Gasteiger partial charge < -0.3 is 19.5 Å². The van der Waals surface area contributed by atoms with E-state index in [9.17, 15) is 5.11 Å². The van der Waals surface area contributed by atoms with E-state index in [1.807, 2.05) is 74.8 Å². The maximum absolute atomic E-state index is 11.8. The third kappa shape index (κ3) is 4.92. The molecule has 0 aliphatic rings. The van der Waals surface area contributed by atoms with Gasteiger partial charge in [-0.15, -0.1) is 0 Å². The van der Waals surface area contributed by atoms with E-state index in [4.69, 9.17) is 9.47 Å². The Hall–Kier alpha value is -1.72. The molecule has 0 aromatic heterocycles. The third-order valence-electron chi connectivity index (χ3n) is 4.82. The summed E-state index contributed by atoms with van der Waals surface area (Å²) in [5.74, 6) is 0. The van der Waals surface area contributed by atoms with Crippen LogP contribution < -0.4 is 0 Å². The minimum atomic E-state index is -1.15. The van der Waals surface area contributed by atoms with Gasteiger partial charge in [-0.2, -0.15) is 0 Å². The van der Waals surface area contributed by atoms with Crippen molar-refractivity contribution in [3.63, 3.8) is 0 Å². The van der Waals surface area contributed by atoms with Crippen LogP contribution in [0, 0.1) is 0 Å². The summed E-state index contributed by atoms with van der Waals surface area (Å²) in [6.45, 7) is 0.897. The summed E-state index contributed by atoms with van der Waals surface area (Å²) < 4.78 is 11.6. The molecule has 0 fully saturated rings. The fraction of sp³-hybridized carbons (Fsp3) is 0.455. The van der Waals surface area contributed by atoms with Crippen molar-refractivity contribution in [2.45, 2.75) is 30.7 Å². The van der Waals surface area contributed by atoms with E-state index in [0.717, 1.165) is 24.1 Å². The molecule has 3 unspecified atom stereocenters. The number of hydrogen-bond donors (Lipinski definition) is 1. The molecule has 1 N–H and O–H groups in total. The average molecular weight is 357 g/mol. The van der Waals surface area contributed by atoms with Crippen LogP contribution in [0.5, 0.6) is 0 Å². The van der Waals surface area contributed by atoms with Crippen LogP contribution in [0.3, 0.4) is 0 Å². The van der Waals surface area contributed by atoms with Gasteiger partial charge in [0.15, 0.2) is 0 Å². The second-order valence-corrected chi connectivity index (χ2v) is 6.92.